The molecule has 0 heterocycles. The highest BCUT2D eigenvalue weighted by Crippen LogP contribution is 2.33. The van der Waals surface area contributed by atoms with Gasteiger partial charge >= 0.3 is 5.97 Å². The van der Waals surface area contributed by atoms with Crippen molar-refractivity contribution in [1.82, 2.24) is 0 Å². The van der Waals surface area contributed by atoms with Gasteiger partial charge in [0.1, 0.15) is 5.75 Å². The van der Waals surface area contributed by atoms with Gasteiger partial charge in [0.15, 0.2) is 0 Å². The zero-order valence-electron chi connectivity index (χ0n) is 12.2. The van der Waals surface area contributed by atoms with Crippen LogP contribution in [0.2, 0.25) is 0 Å². The molecule has 0 aromatic heterocycles. The first kappa shape index (κ1) is 14.1. The Morgan fingerprint density at radius 2 is 1.50 bits per heavy atom. The molecule has 0 bridgehead atoms. The molecule has 0 aliphatic rings. The third kappa shape index (κ3) is 2.67. The molecule has 0 saturated heterocycles. The van der Waals surface area contributed by atoms with Gasteiger partial charge in [0, 0.05) is 5.56 Å². The Morgan fingerprint density at radius 1 is 0.900 bits per heavy atom. The summed E-state index contributed by atoms with van der Waals surface area (Å²) in [7, 11) is 3.02. The summed E-state index contributed by atoms with van der Waals surface area (Å²) in [5, 5.41) is 0. The van der Waals surface area contributed by atoms with Crippen LogP contribution in [0, 0.1) is 13.8 Å². The predicted octanol–water partition coefficient (Wildman–Crippen LogP) is 3.77. The summed E-state index contributed by atoms with van der Waals surface area (Å²) in [5.41, 5.74) is 4.38. The highest BCUT2D eigenvalue weighted by atomic mass is 16.5. The van der Waals surface area contributed by atoms with Gasteiger partial charge in [-0.25, -0.2) is 4.79 Å². The highest BCUT2D eigenvalue weighted by molar-refractivity contribution is 5.98. The van der Waals surface area contributed by atoms with E-state index in [0.29, 0.717) is 5.56 Å². The van der Waals surface area contributed by atoms with Crippen molar-refractivity contribution in [3.8, 4) is 16.9 Å². The van der Waals surface area contributed by atoms with Crippen LogP contribution in [0.25, 0.3) is 11.1 Å². The standard InChI is InChI=1S/C17H18O3/c1-11-5-7-13(15(9-11)17(18)20-4)14-8-6-12(2)10-16(14)19-3/h5-10H,1-4H3. The second kappa shape index (κ2) is 5.78. The van der Waals surface area contributed by atoms with Gasteiger partial charge in [-0.1, -0.05) is 29.8 Å². The fraction of sp³-hybridized carbons (Fsp3) is 0.235. The van der Waals surface area contributed by atoms with Crippen molar-refractivity contribution in [2.24, 2.45) is 0 Å². The second-order valence-electron chi connectivity index (χ2n) is 4.74. The molecular weight excluding hydrogens is 252 g/mol. The summed E-state index contributed by atoms with van der Waals surface area (Å²) in [6.45, 7) is 3.95. The summed E-state index contributed by atoms with van der Waals surface area (Å²) in [4.78, 5) is 12.0. The summed E-state index contributed by atoms with van der Waals surface area (Å²) in [6, 6.07) is 11.6. The minimum absolute atomic E-state index is 0.341. The summed E-state index contributed by atoms with van der Waals surface area (Å²) in [5.74, 6) is 0.408. The average Bonchev–Trinajstić information content (AvgIpc) is 2.46. The molecule has 0 amide bonds. The fourth-order valence-electron chi connectivity index (χ4n) is 2.19. The van der Waals surface area contributed by atoms with Gasteiger partial charge in [-0.05, 0) is 37.1 Å². The van der Waals surface area contributed by atoms with Crippen LogP contribution in [0.4, 0.5) is 0 Å². The Labute approximate surface area is 119 Å². The van der Waals surface area contributed by atoms with E-state index in [-0.39, 0.29) is 5.97 Å². The number of rotatable bonds is 3. The number of carbonyl (C=O) groups is 1. The molecule has 0 aliphatic heterocycles. The zero-order chi connectivity index (χ0) is 14.7. The van der Waals surface area contributed by atoms with Crippen LogP contribution < -0.4 is 4.74 Å². The number of hydrogen-bond acceptors (Lipinski definition) is 3. The topological polar surface area (TPSA) is 35.5 Å². The first-order valence-electron chi connectivity index (χ1n) is 6.40. The lowest BCUT2D eigenvalue weighted by molar-refractivity contribution is 0.0601. The molecule has 3 nitrogen and oxygen atoms in total. The molecule has 20 heavy (non-hydrogen) atoms. The number of aryl methyl sites for hydroxylation is 2. The van der Waals surface area contributed by atoms with Crippen molar-refractivity contribution in [3.63, 3.8) is 0 Å². The first-order chi connectivity index (χ1) is 9.56. The van der Waals surface area contributed by atoms with E-state index in [2.05, 4.69) is 0 Å². The monoisotopic (exact) mass is 270 g/mol. The van der Waals surface area contributed by atoms with Gasteiger partial charge in [0.2, 0.25) is 0 Å². The molecule has 0 saturated carbocycles. The number of ether oxygens (including phenoxy) is 2. The fourth-order valence-corrected chi connectivity index (χ4v) is 2.19. The number of methoxy groups -OCH3 is 2. The molecule has 0 radical (unpaired) electrons. The van der Waals surface area contributed by atoms with E-state index in [0.717, 1.165) is 28.0 Å². The minimum Gasteiger partial charge on any atom is -0.496 e. The molecule has 0 atom stereocenters. The molecule has 2 rings (SSSR count). The molecule has 0 N–H and O–H groups in total. The lowest BCUT2D eigenvalue weighted by atomic mass is 9.96. The van der Waals surface area contributed by atoms with Crippen molar-refractivity contribution in [2.45, 2.75) is 13.8 Å². The van der Waals surface area contributed by atoms with Crippen LogP contribution >= 0.6 is 0 Å². The Morgan fingerprint density at radius 3 is 2.10 bits per heavy atom. The molecule has 0 unspecified atom stereocenters. The van der Waals surface area contributed by atoms with Crippen LogP contribution in [0.15, 0.2) is 36.4 Å². The Balaban J connectivity index is 2.66. The van der Waals surface area contributed by atoms with Crippen LogP contribution in [-0.2, 0) is 4.74 Å². The molecule has 0 spiro atoms. The largest absolute Gasteiger partial charge is 0.496 e. The maximum Gasteiger partial charge on any atom is 0.338 e. The molecule has 104 valence electrons. The third-order valence-electron chi connectivity index (χ3n) is 3.23. The van der Waals surface area contributed by atoms with Crippen molar-refractivity contribution >= 4 is 5.97 Å². The van der Waals surface area contributed by atoms with Gasteiger partial charge in [0.05, 0.1) is 19.8 Å². The van der Waals surface area contributed by atoms with E-state index >= 15 is 0 Å². The molecule has 0 fully saturated rings. The lowest BCUT2D eigenvalue weighted by Gasteiger charge is -2.13. The Bertz CT molecular complexity index is 645. The quantitative estimate of drug-likeness (QED) is 0.796. The highest BCUT2D eigenvalue weighted by Gasteiger charge is 2.16. The van der Waals surface area contributed by atoms with Gasteiger partial charge < -0.3 is 9.47 Å². The average molecular weight is 270 g/mol. The third-order valence-corrected chi connectivity index (χ3v) is 3.23. The number of hydrogen-bond donors (Lipinski definition) is 0. The number of esters is 1. The lowest BCUT2D eigenvalue weighted by Crippen LogP contribution is -2.04. The van der Waals surface area contributed by atoms with Gasteiger partial charge in [-0.2, -0.15) is 0 Å². The zero-order valence-corrected chi connectivity index (χ0v) is 12.2. The number of benzene rings is 2. The second-order valence-corrected chi connectivity index (χ2v) is 4.74. The maximum atomic E-state index is 12.0. The maximum absolute atomic E-state index is 12.0. The number of carbonyl (C=O) groups excluding carboxylic acids is 1. The minimum atomic E-state index is -0.341. The molecule has 2 aromatic rings. The van der Waals surface area contributed by atoms with Crippen molar-refractivity contribution < 1.29 is 14.3 Å². The molecule has 0 aliphatic carbocycles. The van der Waals surface area contributed by atoms with E-state index in [1.54, 1.807) is 7.11 Å². The molecule has 2 aromatic carbocycles. The van der Waals surface area contributed by atoms with Crippen molar-refractivity contribution in [2.75, 3.05) is 14.2 Å². The van der Waals surface area contributed by atoms with Crippen molar-refractivity contribution in [3.05, 3.63) is 53.1 Å². The van der Waals surface area contributed by atoms with E-state index in [1.165, 1.54) is 7.11 Å². The molecular formula is C17H18O3. The molecule has 3 heteroatoms. The Hall–Kier alpha value is -2.29. The van der Waals surface area contributed by atoms with Crippen LogP contribution in [0.1, 0.15) is 21.5 Å². The van der Waals surface area contributed by atoms with Crippen LogP contribution in [0.3, 0.4) is 0 Å². The van der Waals surface area contributed by atoms with E-state index < -0.39 is 0 Å². The van der Waals surface area contributed by atoms with E-state index in [9.17, 15) is 4.79 Å². The summed E-state index contributed by atoms with van der Waals surface area (Å²) >= 11 is 0. The van der Waals surface area contributed by atoms with Gasteiger partial charge in [-0.15, -0.1) is 0 Å². The normalized spacial score (nSPS) is 10.2. The van der Waals surface area contributed by atoms with Crippen LogP contribution in [-0.4, -0.2) is 20.2 Å². The van der Waals surface area contributed by atoms with E-state index in [1.807, 2.05) is 50.2 Å². The van der Waals surface area contributed by atoms with Crippen LogP contribution in [0.5, 0.6) is 5.75 Å². The predicted molar refractivity (Wildman–Crippen MR) is 79.2 cm³/mol. The smallest absolute Gasteiger partial charge is 0.338 e. The summed E-state index contributed by atoms with van der Waals surface area (Å²) < 4.78 is 10.3. The Kier molecular flexibility index (Phi) is 4.08. The van der Waals surface area contributed by atoms with Gasteiger partial charge in [0.25, 0.3) is 0 Å². The van der Waals surface area contributed by atoms with E-state index in [4.69, 9.17) is 9.47 Å². The first-order valence-corrected chi connectivity index (χ1v) is 6.40. The van der Waals surface area contributed by atoms with Crippen molar-refractivity contribution in [1.29, 1.82) is 0 Å². The SMILES string of the molecule is COC(=O)c1cc(C)ccc1-c1ccc(C)cc1OC. The summed E-state index contributed by atoms with van der Waals surface area (Å²) in [6.07, 6.45) is 0. The van der Waals surface area contributed by atoms with Gasteiger partial charge in [-0.3, -0.25) is 0 Å².